The van der Waals surface area contributed by atoms with E-state index in [-0.39, 0.29) is 5.56 Å². The summed E-state index contributed by atoms with van der Waals surface area (Å²) in [5.74, 6) is -1.06. The van der Waals surface area contributed by atoms with E-state index in [9.17, 15) is 13.6 Å². The summed E-state index contributed by atoms with van der Waals surface area (Å²) in [7, 11) is 0. The number of alkyl halides is 2. The number of aromatic nitrogens is 2. The van der Waals surface area contributed by atoms with Crippen LogP contribution in [0.5, 0.6) is 0 Å². The van der Waals surface area contributed by atoms with Crippen LogP contribution in [-0.2, 0) is 0 Å². The second-order valence-corrected chi connectivity index (χ2v) is 3.37. The van der Waals surface area contributed by atoms with E-state index < -0.39 is 12.5 Å². The number of benzene rings is 1. The molecule has 6 heteroatoms. The minimum Gasteiger partial charge on any atom is -0.478 e. The minimum absolute atomic E-state index is 0.104. The molecule has 88 valence electrons. The molecule has 0 radical (unpaired) electrons. The first-order valence-electron chi connectivity index (χ1n) is 4.74. The first-order chi connectivity index (χ1) is 8.08. The van der Waals surface area contributed by atoms with Crippen LogP contribution in [0.4, 0.5) is 8.78 Å². The lowest BCUT2D eigenvalue weighted by Crippen LogP contribution is -1.97. The van der Waals surface area contributed by atoms with E-state index in [1.807, 2.05) is 0 Å². The molecule has 0 aliphatic rings. The molecule has 17 heavy (non-hydrogen) atoms. The average molecular weight is 238 g/mol. The van der Waals surface area contributed by atoms with Crippen molar-refractivity contribution in [1.29, 1.82) is 0 Å². The minimum atomic E-state index is -2.70. The normalized spacial score (nSPS) is 10.8. The van der Waals surface area contributed by atoms with E-state index in [4.69, 9.17) is 5.11 Å². The van der Waals surface area contributed by atoms with Gasteiger partial charge in [-0.25, -0.2) is 9.48 Å². The van der Waals surface area contributed by atoms with Crippen LogP contribution in [-0.4, -0.2) is 20.9 Å². The fourth-order valence-electron chi connectivity index (χ4n) is 1.43. The molecule has 0 amide bonds. The molecule has 0 spiro atoms. The Labute approximate surface area is 95.1 Å². The Morgan fingerprint density at radius 3 is 2.71 bits per heavy atom. The van der Waals surface area contributed by atoms with Gasteiger partial charge in [-0.3, -0.25) is 0 Å². The highest BCUT2D eigenvalue weighted by Gasteiger charge is 2.10. The monoisotopic (exact) mass is 238 g/mol. The standard InChI is InChI=1S/C11H8F2N2O2/c12-11(13)15-6-9(5-14-15)7-2-1-3-8(4-7)10(16)17/h1-6,11H,(H,16,17). The summed E-state index contributed by atoms with van der Waals surface area (Å²) in [6.45, 7) is -2.70. The molecular weight excluding hydrogens is 230 g/mol. The smallest absolute Gasteiger partial charge is 0.335 e. The second-order valence-electron chi connectivity index (χ2n) is 3.37. The van der Waals surface area contributed by atoms with E-state index in [1.54, 1.807) is 12.1 Å². The van der Waals surface area contributed by atoms with Crippen LogP contribution in [0, 0.1) is 0 Å². The molecule has 1 aromatic carbocycles. The third kappa shape index (κ3) is 2.30. The SMILES string of the molecule is O=C(O)c1cccc(-c2cnn(C(F)F)c2)c1. The molecular formula is C11H8F2N2O2. The average Bonchev–Trinajstić information content (AvgIpc) is 2.78. The van der Waals surface area contributed by atoms with E-state index in [0.29, 0.717) is 15.8 Å². The summed E-state index contributed by atoms with van der Waals surface area (Å²) in [6, 6.07) is 6.04. The Kier molecular flexibility index (Phi) is 2.86. The van der Waals surface area contributed by atoms with Gasteiger partial charge in [0.15, 0.2) is 0 Å². The molecule has 2 aromatic rings. The van der Waals surface area contributed by atoms with Crippen molar-refractivity contribution in [3.63, 3.8) is 0 Å². The van der Waals surface area contributed by atoms with Gasteiger partial charge in [0.1, 0.15) is 0 Å². The summed E-state index contributed by atoms with van der Waals surface area (Å²) in [6.07, 6.45) is 2.44. The van der Waals surface area contributed by atoms with Gasteiger partial charge < -0.3 is 5.11 Å². The third-order valence-electron chi connectivity index (χ3n) is 2.24. The fraction of sp³-hybridized carbons (Fsp3) is 0.0909. The Hall–Kier alpha value is -2.24. The van der Waals surface area contributed by atoms with Gasteiger partial charge in [0, 0.05) is 11.8 Å². The number of aromatic carboxylic acids is 1. The number of nitrogens with zero attached hydrogens (tertiary/aromatic N) is 2. The Morgan fingerprint density at radius 1 is 1.35 bits per heavy atom. The van der Waals surface area contributed by atoms with Crippen molar-refractivity contribution in [2.45, 2.75) is 6.55 Å². The number of carboxylic acid groups (broad SMARTS) is 1. The van der Waals surface area contributed by atoms with Gasteiger partial charge in [-0.2, -0.15) is 13.9 Å². The first kappa shape index (κ1) is 11.3. The summed E-state index contributed by atoms with van der Waals surface area (Å²) in [4.78, 5) is 10.8. The summed E-state index contributed by atoms with van der Waals surface area (Å²) in [5, 5.41) is 12.3. The maximum absolute atomic E-state index is 12.3. The molecule has 0 aliphatic carbocycles. The zero-order chi connectivity index (χ0) is 12.4. The molecule has 0 aliphatic heterocycles. The zero-order valence-corrected chi connectivity index (χ0v) is 8.55. The van der Waals surface area contributed by atoms with Crippen molar-refractivity contribution >= 4 is 5.97 Å². The van der Waals surface area contributed by atoms with Crippen molar-refractivity contribution in [3.8, 4) is 11.1 Å². The lowest BCUT2D eigenvalue weighted by molar-refractivity contribution is 0.0566. The van der Waals surface area contributed by atoms with Gasteiger partial charge in [-0.05, 0) is 17.7 Å². The Morgan fingerprint density at radius 2 is 2.12 bits per heavy atom. The van der Waals surface area contributed by atoms with Gasteiger partial charge >= 0.3 is 12.5 Å². The molecule has 4 nitrogen and oxygen atoms in total. The largest absolute Gasteiger partial charge is 0.478 e. The molecule has 1 N–H and O–H groups in total. The van der Waals surface area contributed by atoms with Crippen molar-refractivity contribution in [2.24, 2.45) is 0 Å². The first-order valence-corrected chi connectivity index (χ1v) is 4.74. The number of rotatable bonds is 3. The molecule has 1 heterocycles. The predicted octanol–water partition coefficient (Wildman–Crippen LogP) is 2.64. The highest BCUT2D eigenvalue weighted by Crippen LogP contribution is 2.21. The maximum Gasteiger partial charge on any atom is 0.335 e. The van der Waals surface area contributed by atoms with E-state index in [1.165, 1.54) is 24.5 Å². The molecule has 0 bridgehead atoms. The molecule has 0 unspecified atom stereocenters. The highest BCUT2D eigenvalue weighted by atomic mass is 19.3. The zero-order valence-electron chi connectivity index (χ0n) is 8.55. The number of hydrogen-bond acceptors (Lipinski definition) is 2. The number of carboxylic acids is 1. The van der Waals surface area contributed by atoms with Crippen LogP contribution in [0.25, 0.3) is 11.1 Å². The molecule has 0 saturated heterocycles. The van der Waals surface area contributed by atoms with Gasteiger partial charge in [0.05, 0.1) is 11.8 Å². The van der Waals surface area contributed by atoms with Crippen molar-refractivity contribution in [1.82, 2.24) is 9.78 Å². The molecule has 0 atom stereocenters. The van der Waals surface area contributed by atoms with E-state index >= 15 is 0 Å². The maximum atomic E-state index is 12.3. The third-order valence-corrected chi connectivity index (χ3v) is 2.24. The van der Waals surface area contributed by atoms with Crippen molar-refractivity contribution < 1.29 is 18.7 Å². The lowest BCUT2D eigenvalue weighted by atomic mass is 10.1. The number of carbonyl (C=O) groups is 1. The Bertz CT molecular complexity index is 552. The molecule has 1 aromatic heterocycles. The quantitative estimate of drug-likeness (QED) is 0.894. The van der Waals surface area contributed by atoms with Crippen LogP contribution < -0.4 is 0 Å². The van der Waals surface area contributed by atoms with Crippen LogP contribution in [0.15, 0.2) is 36.7 Å². The van der Waals surface area contributed by atoms with Crippen LogP contribution in [0.3, 0.4) is 0 Å². The highest BCUT2D eigenvalue weighted by molar-refractivity contribution is 5.89. The number of hydrogen-bond donors (Lipinski definition) is 1. The van der Waals surface area contributed by atoms with Crippen LogP contribution in [0.2, 0.25) is 0 Å². The van der Waals surface area contributed by atoms with E-state index in [2.05, 4.69) is 5.10 Å². The Balaban J connectivity index is 2.38. The van der Waals surface area contributed by atoms with Gasteiger partial charge in [0.25, 0.3) is 0 Å². The number of halogens is 2. The van der Waals surface area contributed by atoms with Crippen LogP contribution >= 0.6 is 0 Å². The fourth-order valence-corrected chi connectivity index (χ4v) is 1.43. The van der Waals surface area contributed by atoms with Gasteiger partial charge in [-0.1, -0.05) is 12.1 Å². The van der Waals surface area contributed by atoms with Crippen LogP contribution in [0.1, 0.15) is 16.9 Å². The lowest BCUT2D eigenvalue weighted by Gasteiger charge is -1.99. The van der Waals surface area contributed by atoms with Gasteiger partial charge in [0.2, 0.25) is 0 Å². The van der Waals surface area contributed by atoms with E-state index in [0.717, 1.165) is 0 Å². The molecule has 2 rings (SSSR count). The van der Waals surface area contributed by atoms with Crippen molar-refractivity contribution in [2.75, 3.05) is 0 Å². The predicted molar refractivity (Wildman–Crippen MR) is 55.9 cm³/mol. The second kappa shape index (κ2) is 4.32. The molecule has 0 fully saturated rings. The summed E-state index contributed by atoms with van der Waals surface area (Å²) < 4.78 is 25.1. The summed E-state index contributed by atoms with van der Waals surface area (Å²) >= 11 is 0. The van der Waals surface area contributed by atoms with Gasteiger partial charge in [-0.15, -0.1) is 0 Å². The molecule has 0 saturated carbocycles. The topological polar surface area (TPSA) is 55.1 Å². The van der Waals surface area contributed by atoms with Crippen molar-refractivity contribution in [3.05, 3.63) is 42.2 Å². The summed E-state index contributed by atoms with van der Waals surface area (Å²) in [5.41, 5.74) is 1.09.